The fourth-order valence-corrected chi connectivity index (χ4v) is 3.03. The van der Waals surface area contributed by atoms with Gasteiger partial charge in [-0.2, -0.15) is 0 Å². The molecule has 0 heterocycles. The summed E-state index contributed by atoms with van der Waals surface area (Å²) in [5, 5.41) is -0.407. The Kier molecular flexibility index (Phi) is 6.96. The summed E-state index contributed by atoms with van der Waals surface area (Å²) in [5.74, 6) is 1.05. The van der Waals surface area contributed by atoms with E-state index in [-0.39, 0.29) is 12.4 Å². The van der Waals surface area contributed by atoms with Crippen LogP contribution in [0.5, 0.6) is 11.5 Å². The first kappa shape index (κ1) is 18.3. The van der Waals surface area contributed by atoms with Gasteiger partial charge in [0.25, 0.3) is 0 Å². The van der Waals surface area contributed by atoms with Gasteiger partial charge in [0.05, 0.1) is 22.1 Å². The monoisotopic (exact) mass is 379 g/mol. The summed E-state index contributed by atoms with van der Waals surface area (Å²) in [5.41, 5.74) is 6.54. The fourth-order valence-electron chi connectivity index (χ4n) is 1.64. The predicted octanol–water partition coefficient (Wildman–Crippen LogP) is 2.51. The highest BCUT2D eigenvalue weighted by Crippen LogP contribution is 2.36. The Labute approximate surface area is 134 Å². The highest BCUT2D eigenvalue weighted by molar-refractivity contribution is 9.10. The molecule has 2 N–H and O–H groups in total. The van der Waals surface area contributed by atoms with Crippen LogP contribution in [0.3, 0.4) is 0 Å². The third kappa shape index (κ3) is 5.16. The largest absolute Gasteiger partial charge is 0.490 e. The van der Waals surface area contributed by atoms with Gasteiger partial charge in [-0.1, -0.05) is 0 Å². The lowest BCUT2D eigenvalue weighted by Gasteiger charge is -2.15. The topological polar surface area (TPSA) is 78.6 Å². The van der Waals surface area contributed by atoms with Gasteiger partial charge in [0, 0.05) is 6.54 Å². The lowest BCUT2D eigenvalue weighted by Crippen LogP contribution is -2.22. The van der Waals surface area contributed by atoms with Crippen LogP contribution in [0.1, 0.15) is 26.3 Å². The van der Waals surface area contributed by atoms with E-state index in [1.807, 2.05) is 13.0 Å². The number of nitrogens with two attached hydrogens (primary N) is 1. The van der Waals surface area contributed by atoms with Crippen molar-refractivity contribution in [3.05, 3.63) is 22.2 Å². The molecule has 0 aliphatic heterocycles. The summed E-state index contributed by atoms with van der Waals surface area (Å²) < 4.78 is 35.4. The van der Waals surface area contributed by atoms with E-state index < -0.39 is 15.1 Å². The number of benzene rings is 1. The number of hydrogen-bond acceptors (Lipinski definition) is 5. The molecule has 120 valence electrons. The third-order valence-electron chi connectivity index (χ3n) is 2.94. The van der Waals surface area contributed by atoms with Gasteiger partial charge in [-0.3, -0.25) is 0 Å². The van der Waals surface area contributed by atoms with Crippen molar-refractivity contribution in [2.24, 2.45) is 5.73 Å². The molecular weight excluding hydrogens is 358 g/mol. The van der Waals surface area contributed by atoms with E-state index in [2.05, 4.69) is 15.9 Å². The van der Waals surface area contributed by atoms with E-state index in [4.69, 9.17) is 15.2 Å². The minimum absolute atomic E-state index is 0.0265. The average Bonchev–Trinajstić information content (AvgIpc) is 2.41. The molecule has 5 nitrogen and oxygen atoms in total. The number of sulfone groups is 1. The first-order valence-electron chi connectivity index (χ1n) is 6.81. The number of hydrogen-bond donors (Lipinski definition) is 1. The maximum atomic E-state index is 11.8. The molecule has 0 saturated heterocycles. The Balaban J connectivity index is 2.87. The van der Waals surface area contributed by atoms with Crippen LogP contribution in [0.2, 0.25) is 0 Å². The molecule has 0 radical (unpaired) electrons. The highest BCUT2D eigenvalue weighted by atomic mass is 79.9. The van der Waals surface area contributed by atoms with E-state index >= 15 is 0 Å². The van der Waals surface area contributed by atoms with Crippen molar-refractivity contribution >= 4 is 25.8 Å². The van der Waals surface area contributed by atoms with Crippen LogP contribution in [0.4, 0.5) is 0 Å². The first-order chi connectivity index (χ1) is 9.81. The van der Waals surface area contributed by atoms with E-state index in [0.29, 0.717) is 29.1 Å². The Morgan fingerprint density at radius 1 is 1.29 bits per heavy atom. The summed E-state index contributed by atoms with van der Waals surface area (Å²) in [4.78, 5) is 0. The van der Waals surface area contributed by atoms with Crippen molar-refractivity contribution in [1.29, 1.82) is 0 Å². The Bertz CT molecular complexity index is 573. The predicted molar refractivity (Wildman–Crippen MR) is 87.6 cm³/mol. The molecule has 0 aromatic heterocycles. The summed E-state index contributed by atoms with van der Waals surface area (Å²) in [6.45, 7) is 6.15. The minimum Gasteiger partial charge on any atom is -0.490 e. The molecular formula is C14H22BrNO4S. The zero-order valence-electron chi connectivity index (χ0n) is 12.6. The third-order valence-corrected chi connectivity index (χ3v) is 5.70. The quantitative estimate of drug-likeness (QED) is 0.750. The average molecular weight is 380 g/mol. The van der Waals surface area contributed by atoms with Gasteiger partial charge < -0.3 is 15.2 Å². The molecule has 0 amide bonds. The molecule has 1 rings (SSSR count). The molecule has 0 aliphatic rings. The molecule has 21 heavy (non-hydrogen) atoms. The smallest absolute Gasteiger partial charge is 0.175 e. The SMILES string of the molecule is CCOc1cc(CN)cc(Br)c1OCCS(=O)(=O)C(C)C. The van der Waals surface area contributed by atoms with Gasteiger partial charge >= 0.3 is 0 Å². The van der Waals surface area contributed by atoms with E-state index in [1.165, 1.54) is 0 Å². The van der Waals surface area contributed by atoms with Crippen LogP contribution in [0.25, 0.3) is 0 Å². The van der Waals surface area contributed by atoms with Crippen LogP contribution >= 0.6 is 15.9 Å². The second-order valence-electron chi connectivity index (χ2n) is 4.81. The lowest BCUT2D eigenvalue weighted by molar-refractivity contribution is 0.286. The molecule has 1 aromatic carbocycles. The van der Waals surface area contributed by atoms with Crippen LogP contribution in [0, 0.1) is 0 Å². The van der Waals surface area contributed by atoms with Crippen molar-refractivity contribution in [2.75, 3.05) is 19.0 Å². The standard InChI is InChI=1S/C14H22BrNO4S/c1-4-19-13-8-11(9-16)7-12(15)14(13)20-5-6-21(17,18)10(2)3/h7-8,10H,4-6,9,16H2,1-3H3. The summed E-state index contributed by atoms with van der Waals surface area (Å²) in [6, 6.07) is 3.65. The van der Waals surface area contributed by atoms with Gasteiger partial charge in [-0.15, -0.1) is 0 Å². The van der Waals surface area contributed by atoms with Gasteiger partial charge in [0.2, 0.25) is 0 Å². The lowest BCUT2D eigenvalue weighted by atomic mass is 10.2. The first-order valence-corrected chi connectivity index (χ1v) is 9.32. The maximum Gasteiger partial charge on any atom is 0.175 e. The minimum atomic E-state index is -3.12. The van der Waals surface area contributed by atoms with Crippen LogP contribution < -0.4 is 15.2 Å². The molecule has 0 saturated carbocycles. The number of ether oxygens (including phenoxy) is 2. The number of halogens is 1. The maximum absolute atomic E-state index is 11.8. The molecule has 0 fully saturated rings. The molecule has 0 bridgehead atoms. The van der Waals surface area contributed by atoms with Crippen LogP contribution in [-0.4, -0.2) is 32.6 Å². The second kappa shape index (κ2) is 8.00. The normalized spacial score (nSPS) is 11.7. The van der Waals surface area contributed by atoms with Crippen molar-refractivity contribution in [3.63, 3.8) is 0 Å². The van der Waals surface area contributed by atoms with Gasteiger partial charge in [0.15, 0.2) is 21.3 Å². The summed E-state index contributed by atoms with van der Waals surface area (Å²) in [7, 11) is -3.12. The van der Waals surface area contributed by atoms with E-state index in [1.54, 1.807) is 19.9 Å². The van der Waals surface area contributed by atoms with Crippen molar-refractivity contribution < 1.29 is 17.9 Å². The Morgan fingerprint density at radius 2 is 1.95 bits per heavy atom. The number of rotatable bonds is 8. The van der Waals surface area contributed by atoms with Gasteiger partial charge in [-0.25, -0.2) is 8.42 Å². The molecule has 1 aromatic rings. The molecule has 0 spiro atoms. The molecule has 0 aliphatic carbocycles. The zero-order chi connectivity index (χ0) is 16.0. The molecule has 7 heteroatoms. The van der Waals surface area contributed by atoms with Gasteiger partial charge in [0.1, 0.15) is 6.61 Å². The van der Waals surface area contributed by atoms with Gasteiger partial charge in [-0.05, 0) is 54.4 Å². The Morgan fingerprint density at radius 3 is 2.48 bits per heavy atom. The van der Waals surface area contributed by atoms with Crippen molar-refractivity contribution in [3.8, 4) is 11.5 Å². The van der Waals surface area contributed by atoms with Crippen molar-refractivity contribution in [1.82, 2.24) is 0 Å². The second-order valence-corrected chi connectivity index (χ2v) is 8.34. The molecule has 0 unspecified atom stereocenters. The van der Waals surface area contributed by atoms with E-state index in [9.17, 15) is 8.42 Å². The van der Waals surface area contributed by atoms with Crippen LogP contribution in [0.15, 0.2) is 16.6 Å². The van der Waals surface area contributed by atoms with Crippen molar-refractivity contribution in [2.45, 2.75) is 32.6 Å². The zero-order valence-corrected chi connectivity index (χ0v) is 15.0. The molecule has 0 atom stereocenters. The fraction of sp³-hybridized carbons (Fsp3) is 0.571. The van der Waals surface area contributed by atoms with E-state index in [0.717, 1.165) is 5.56 Å². The Hall–Kier alpha value is -0.790. The summed E-state index contributed by atoms with van der Waals surface area (Å²) in [6.07, 6.45) is 0. The van der Waals surface area contributed by atoms with Crippen LogP contribution in [-0.2, 0) is 16.4 Å². The summed E-state index contributed by atoms with van der Waals surface area (Å²) >= 11 is 3.41. The highest BCUT2D eigenvalue weighted by Gasteiger charge is 2.18.